The minimum Gasteiger partial charge on any atom is -0.507 e. The van der Waals surface area contributed by atoms with Crippen LogP contribution in [-0.2, 0) is 7.05 Å². The standard InChI is InChI=1S/C22H27N7O/c1-14-11-29(13-20(25-14)15-4-3-5-15)22-23-10-19(26-27-22)18-7-6-16(8-21(18)30)17-9-24-28(2)12-17/h6-10,12,14-15,20,25,30H,3-5,11,13H2,1-2H3/t14-,20-/m1/s1. The van der Waals surface area contributed by atoms with Crippen LogP contribution in [-0.4, -0.2) is 55.2 Å². The second-order valence-corrected chi connectivity index (χ2v) is 8.55. The highest BCUT2D eigenvalue weighted by Crippen LogP contribution is 2.33. The van der Waals surface area contributed by atoms with E-state index in [0.29, 0.717) is 29.3 Å². The number of piperazine rings is 1. The summed E-state index contributed by atoms with van der Waals surface area (Å²) in [4.78, 5) is 6.80. The van der Waals surface area contributed by atoms with Crippen LogP contribution in [0.15, 0.2) is 36.8 Å². The minimum absolute atomic E-state index is 0.154. The molecule has 8 heteroatoms. The lowest BCUT2D eigenvalue weighted by Gasteiger charge is -2.43. The van der Waals surface area contributed by atoms with Crippen molar-refractivity contribution in [3.05, 3.63) is 36.8 Å². The maximum Gasteiger partial charge on any atom is 0.245 e. The molecule has 1 aliphatic heterocycles. The van der Waals surface area contributed by atoms with E-state index in [-0.39, 0.29) is 5.75 Å². The van der Waals surface area contributed by atoms with Crippen molar-refractivity contribution in [1.82, 2.24) is 30.3 Å². The van der Waals surface area contributed by atoms with E-state index in [1.165, 1.54) is 19.3 Å². The van der Waals surface area contributed by atoms with Crippen molar-refractivity contribution in [3.8, 4) is 28.1 Å². The van der Waals surface area contributed by atoms with Gasteiger partial charge in [-0.2, -0.15) is 5.10 Å². The zero-order chi connectivity index (χ0) is 20.7. The highest BCUT2D eigenvalue weighted by molar-refractivity contribution is 5.73. The molecule has 156 valence electrons. The Bertz CT molecular complexity index is 1030. The summed E-state index contributed by atoms with van der Waals surface area (Å²) in [6.07, 6.45) is 9.35. The molecule has 2 aliphatic rings. The Labute approximate surface area is 176 Å². The van der Waals surface area contributed by atoms with Crippen LogP contribution in [0.5, 0.6) is 5.75 Å². The summed E-state index contributed by atoms with van der Waals surface area (Å²) < 4.78 is 1.74. The third kappa shape index (κ3) is 3.63. The van der Waals surface area contributed by atoms with E-state index in [1.807, 2.05) is 25.4 Å². The smallest absolute Gasteiger partial charge is 0.245 e. The number of nitrogens with one attached hydrogen (secondary N) is 1. The van der Waals surface area contributed by atoms with Gasteiger partial charge in [-0.05, 0) is 43.4 Å². The first-order valence-electron chi connectivity index (χ1n) is 10.6. The monoisotopic (exact) mass is 405 g/mol. The molecular formula is C22H27N7O. The van der Waals surface area contributed by atoms with Crippen LogP contribution in [0, 0.1) is 5.92 Å². The van der Waals surface area contributed by atoms with Crippen LogP contribution in [0.25, 0.3) is 22.4 Å². The fourth-order valence-electron chi connectivity index (χ4n) is 4.44. The van der Waals surface area contributed by atoms with Crippen LogP contribution in [0.1, 0.15) is 26.2 Å². The molecule has 1 saturated carbocycles. The Hall–Kier alpha value is -3.00. The fraction of sp³-hybridized carbons (Fsp3) is 0.455. The first-order chi connectivity index (χ1) is 14.6. The number of phenolic OH excluding ortho intramolecular Hbond substituents is 1. The lowest BCUT2D eigenvalue weighted by atomic mass is 9.78. The average molecular weight is 406 g/mol. The van der Waals surface area contributed by atoms with Crippen molar-refractivity contribution in [2.24, 2.45) is 13.0 Å². The lowest BCUT2D eigenvalue weighted by Crippen LogP contribution is -2.59. The molecule has 8 nitrogen and oxygen atoms in total. The van der Waals surface area contributed by atoms with E-state index in [9.17, 15) is 5.11 Å². The lowest BCUT2D eigenvalue weighted by molar-refractivity contribution is 0.202. The molecule has 0 spiro atoms. The fourth-order valence-corrected chi connectivity index (χ4v) is 4.44. The second-order valence-electron chi connectivity index (χ2n) is 8.55. The summed E-state index contributed by atoms with van der Waals surface area (Å²) in [5, 5.41) is 27.2. The van der Waals surface area contributed by atoms with Gasteiger partial charge in [0.2, 0.25) is 5.95 Å². The largest absolute Gasteiger partial charge is 0.507 e. The Kier molecular flexibility index (Phi) is 4.86. The molecule has 1 aliphatic carbocycles. The second kappa shape index (κ2) is 7.68. The third-order valence-electron chi connectivity index (χ3n) is 6.27. The summed E-state index contributed by atoms with van der Waals surface area (Å²) in [7, 11) is 1.87. The number of rotatable bonds is 4. The Morgan fingerprint density at radius 1 is 1.10 bits per heavy atom. The average Bonchev–Trinajstić information content (AvgIpc) is 3.13. The molecule has 30 heavy (non-hydrogen) atoms. The molecule has 5 rings (SSSR count). The normalized spacial score (nSPS) is 22.1. The van der Waals surface area contributed by atoms with Crippen LogP contribution in [0.2, 0.25) is 0 Å². The molecule has 2 aromatic heterocycles. The van der Waals surface area contributed by atoms with Crippen molar-refractivity contribution in [2.75, 3.05) is 18.0 Å². The molecule has 0 bridgehead atoms. The van der Waals surface area contributed by atoms with Gasteiger partial charge in [-0.15, -0.1) is 10.2 Å². The molecule has 0 unspecified atom stereocenters. The first kappa shape index (κ1) is 19.0. The Balaban J connectivity index is 1.34. The van der Waals surface area contributed by atoms with Crippen LogP contribution >= 0.6 is 0 Å². The van der Waals surface area contributed by atoms with Crippen molar-refractivity contribution in [3.63, 3.8) is 0 Å². The number of phenols is 1. The zero-order valence-electron chi connectivity index (χ0n) is 17.4. The summed E-state index contributed by atoms with van der Waals surface area (Å²) in [6, 6.07) is 6.42. The van der Waals surface area contributed by atoms with Gasteiger partial charge >= 0.3 is 0 Å². The third-order valence-corrected chi connectivity index (χ3v) is 6.27. The number of aromatic nitrogens is 5. The van der Waals surface area contributed by atoms with Gasteiger partial charge in [0.25, 0.3) is 0 Å². The van der Waals surface area contributed by atoms with Crippen LogP contribution in [0.4, 0.5) is 5.95 Å². The molecule has 0 radical (unpaired) electrons. The van der Waals surface area contributed by atoms with Gasteiger partial charge in [0, 0.05) is 49.5 Å². The van der Waals surface area contributed by atoms with Crippen molar-refractivity contribution in [2.45, 2.75) is 38.3 Å². The molecule has 2 atom stereocenters. The zero-order valence-corrected chi connectivity index (χ0v) is 17.4. The molecular weight excluding hydrogens is 378 g/mol. The van der Waals surface area contributed by atoms with E-state index in [0.717, 1.165) is 30.1 Å². The topological polar surface area (TPSA) is 92.0 Å². The summed E-state index contributed by atoms with van der Waals surface area (Å²) >= 11 is 0. The summed E-state index contributed by atoms with van der Waals surface area (Å²) in [5.74, 6) is 1.57. The molecule has 0 amide bonds. The van der Waals surface area contributed by atoms with E-state index in [4.69, 9.17) is 0 Å². The number of aryl methyl sites for hydroxylation is 1. The number of hydrogen-bond donors (Lipinski definition) is 2. The molecule has 3 aromatic rings. The first-order valence-corrected chi connectivity index (χ1v) is 10.6. The van der Waals surface area contributed by atoms with Gasteiger partial charge in [-0.1, -0.05) is 12.5 Å². The molecule has 1 aromatic carbocycles. The molecule has 1 saturated heterocycles. The van der Waals surface area contributed by atoms with Gasteiger partial charge in [0.05, 0.1) is 12.4 Å². The summed E-state index contributed by atoms with van der Waals surface area (Å²) in [5.41, 5.74) is 3.04. The van der Waals surface area contributed by atoms with E-state index in [1.54, 1.807) is 23.1 Å². The number of benzene rings is 1. The van der Waals surface area contributed by atoms with E-state index < -0.39 is 0 Å². The predicted molar refractivity (Wildman–Crippen MR) is 115 cm³/mol. The van der Waals surface area contributed by atoms with Gasteiger partial charge in [0.1, 0.15) is 11.4 Å². The number of hydrogen-bond acceptors (Lipinski definition) is 7. The molecule has 2 N–H and O–H groups in total. The number of aromatic hydroxyl groups is 1. The SMILES string of the molecule is C[C@@H]1CN(c2ncc(-c3ccc(-c4cnn(C)c4)cc3O)nn2)C[C@H](C2CCC2)N1. The van der Waals surface area contributed by atoms with Crippen LogP contribution in [0.3, 0.4) is 0 Å². The van der Waals surface area contributed by atoms with Gasteiger partial charge in [0.15, 0.2) is 0 Å². The Morgan fingerprint density at radius 3 is 2.60 bits per heavy atom. The highest BCUT2D eigenvalue weighted by atomic mass is 16.3. The highest BCUT2D eigenvalue weighted by Gasteiger charge is 2.34. The Morgan fingerprint density at radius 2 is 1.97 bits per heavy atom. The van der Waals surface area contributed by atoms with E-state index >= 15 is 0 Å². The van der Waals surface area contributed by atoms with Crippen LogP contribution < -0.4 is 10.2 Å². The maximum absolute atomic E-state index is 10.6. The minimum atomic E-state index is 0.154. The number of anilines is 1. The van der Waals surface area contributed by atoms with Crippen molar-refractivity contribution >= 4 is 5.95 Å². The quantitative estimate of drug-likeness (QED) is 0.689. The predicted octanol–water partition coefficient (Wildman–Crippen LogP) is 2.61. The number of nitrogens with zero attached hydrogens (tertiary/aromatic N) is 6. The van der Waals surface area contributed by atoms with Crippen molar-refractivity contribution in [1.29, 1.82) is 0 Å². The van der Waals surface area contributed by atoms with E-state index in [2.05, 4.69) is 37.4 Å². The van der Waals surface area contributed by atoms with Gasteiger partial charge < -0.3 is 15.3 Å². The molecule has 2 fully saturated rings. The molecule has 3 heterocycles. The van der Waals surface area contributed by atoms with Gasteiger partial charge in [-0.3, -0.25) is 4.68 Å². The maximum atomic E-state index is 10.6. The summed E-state index contributed by atoms with van der Waals surface area (Å²) in [6.45, 7) is 4.00. The van der Waals surface area contributed by atoms with Crippen molar-refractivity contribution < 1.29 is 5.11 Å². The van der Waals surface area contributed by atoms with Gasteiger partial charge in [-0.25, -0.2) is 4.98 Å².